The summed E-state index contributed by atoms with van der Waals surface area (Å²) in [7, 11) is 0. The predicted molar refractivity (Wildman–Crippen MR) is 109 cm³/mol. The molecule has 0 aliphatic carbocycles. The lowest BCUT2D eigenvalue weighted by atomic mass is 10.0. The van der Waals surface area contributed by atoms with Crippen molar-refractivity contribution in [1.29, 1.82) is 0 Å². The Morgan fingerprint density at radius 2 is 1.68 bits per heavy atom. The number of alkyl halides is 3. The lowest BCUT2D eigenvalue weighted by Crippen LogP contribution is -2.46. The van der Waals surface area contributed by atoms with Crippen molar-refractivity contribution in [2.45, 2.75) is 38.9 Å². The number of carbonyl (C=O) groups excluding carboxylic acids is 2. The van der Waals surface area contributed by atoms with Crippen molar-refractivity contribution in [2.75, 3.05) is 18.4 Å². The van der Waals surface area contributed by atoms with Crippen LogP contribution < -0.4 is 10.6 Å². The first-order valence-electron chi connectivity index (χ1n) is 9.85. The van der Waals surface area contributed by atoms with Gasteiger partial charge in [0.2, 0.25) is 5.91 Å². The number of benzene rings is 2. The number of nitrogens with one attached hydrogen (secondary N) is 2. The van der Waals surface area contributed by atoms with Crippen LogP contribution in [0.3, 0.4) is 0 Å². The summed E-state index contributed by atoms with van der Waals surface area (Å²) in [4.78, 5) is 26.0. The van der Waals surface area contributed by atoms with Crippen molar-refractivity contribution < 1.29 is 27.2 Å². The van der Waals surface area contributed by atoms with Crippen molar-refractivity contribution >= 4 is 23.2 Å². The molecule has 3 rings (SSSR count). The fourth-order valence-electron chi connectivity index (χ4n) is 3.53. The van der Waals surface area contributed by atoms with Crippen LogP contribution in [0.4, 0.5) is 28.9 Å². The Morgan fingerprint density at radius 1 is 1.03 bits per heavy atom. The Kier molecular flexibility index (Phi) is 6.52. The van der Waals surface area contributed by atoms with Crippen LogP contribution in [-0.4, -0.2) is 35.8 Å². The summed E-state index contributed by atoms with van der Waals surface area (Å²) in [5.41, 5.74) is 0.104. The van der Waals surface area contributed by atoms with Crippen LogP contribution in [0.15, 0.2) is 36.4 Å². The van der Waals surface area contributed by atoms with E-state index in [1.165, 1.54) is 31.2 Å². The third-order valence-corrected chi connectivity index (χ3v) is 5.32. The molecule has 9 heteroatoms. The Balaban J connectivity index is 1.85. The van der Waals surface area contributed by atoms with Gasteiger partial charge in [-0.05, 0) is 61.7 Å². The summed E-state index contributed by atoms with van der Waals surface area (Å²) in [5.74, 6) is -1.14. The van der Waals surface area contributed by atoms with E-state index in [1.807, 2.05) is 0 Å². The third kappa shape index (κ3) is 5.53. The van der Waals surface area contributed by atoms with Gasteiger partial charge in [-0.25, -0.2) is 4.39 Å². The smallest absolute Gasteiger partial charge is 0.355 e. The standard InChI is InChI=1S/C22H23F4N3O2/c1-13-11-16(23)4-6-19(13)28-20-5-3-15(22(24,25)26)12-18(20)21(31)27-17-7-9-29(10-8-17)14(2)30/h3-6,11-12,17,28H,7-10H2,1-2H3,(H,27,31). The molecule has 0 radical (unpaired) electrons. The molecule has 0 bridgehead atoms. The number of carbonyl (C=O) groups is 2. The maximum absolute atomic E-state index is 13.4. The average molecular weight is 437 g/mol. The monoisotopic (exact) mass is 437 g/mol. The van der Waals surface area contributed by atoms with E-state index in [2.05, 4.69) is 10.6 Å². The molecule has 2 aromatic carbocycles. The van der Waals surface area contributed by atoms with Crippen LogP contribution in [0.25, 0.3) is 0 Å². The number of halogens is 4. The lowest BCUT2D eigenvalue weighted by molar-refractivity contribution is -0.137. The normalized spacial score (nSPS) is 15.0. The first-order chi connectivity index (χ1) is 14.5. The minimum Gasteiger partial charge on any atom is -0.355 e. The maximum atomic E-state index is 13.4. The number of piperidine rings is 1. The third-order valence-electron chi connectivity index (χ3n) is 5.32. The molecule has 1 fully saturated rings. The lowest BCUT2D eigenvalue weighted by Gasteiger charge is -2.31. The summed E-state index contributed by atoms with van der Waals surface area (Å²) in [6, 6.07) is 6.61. The van der Waals surface area contributed by atoms with Crippen molar-refractivity contribution in [3.8, 4) is 0 Å². The zero-order valence-electron chi connectivity index (χ0n) is 17.1. The van der Waals surface area contributed by atoms with Gasteiger partial charge in [0.15, 0.2) is 0 Å². The number of hydrogen-bond acceptors (Lipinski definition) is 3. The minimum absolute atomic E-state index is 0.0520. The molecule has 2 N–H and O–H groups in total. The van der Waals surface area contributed by atoms with E-state index in [4.69, 9.17) is 0 Å². The van der Waals surface area contributed by atoms with Gasteiger partial charge in [0.1, 0.15) is 5.82 Å². The maximum Gasteiger partial charge on any atom is 0.416 e. The number of hydrogen-bond donors (Lipinski definition) is 2. The van der Waals surface area contributed by atoms with Gasteiger partial charge in [-0.2, -0.15) is 13.2 Å². The van der Waals surface area contributed by atoms with E-state index in [-0.39, 0.29) is 23.2 Å². The predicted octanol–water partition coefficient (Wildman–Crippen LogP) is 4.64. The van der Waals surface area contributed by atoms with Crippen molar-refractivity contribution in [3.63, 3.8) is 0 Å². The van der Waals surface area contributed by atoms with Crippen LogP contribution in [0.1, 0.15) is 41.3 Å². The Hall–Kier alpha value is -3.10. The summed E-state index contributed by atoms with van der Waals surface area (Å²) >= 11 is 0. The number of aryl methyl sites for hydroxylation is 1. The molecule has 0 saturated carbocycles. The Labute approximate surface area is 177 Å². The molecule has 5 nitrogen and oxygen atoms in total. The van der Waals surface area contributed by atoms with E-state index in [1.54, 1.807) is 11.8 Å². The molecule has 0 spiro atoms. The van der Waals surface area contributed by atoms with Crippen molar-refractivity contribution in [1.82, 2.24) is 10.2 Å². The molecule has 2 aromatic rings. The first kappa shape index (κ1) is 22.6. The highest BCUT2D eigenvalue weighted by Crippen LogP contribution is 2.33. The average Bonchev–Trinajstić information content (AvgIpc) is 2.70. The zero-order valence-corrected chi connectivity index (χ0v) is 17.1. The summed E-state index contributed by atoms with van der Waals surface area (Å²) in [6.45, 7) is 4.07. The minimum atomic E-state index is -4.60. The van der Waals surface area contributed by atoms with Gasteiger partial charge in [-0.15, -0.1) is 0 Å². The fraction of sp³-hybridized carbons (Fsp3) is 0.364. The van der Waals surface area contributed by atoms with Gasteiger partial charge < -0.3 is 15.5 Å². The fourth-order valence-corrected chi connectivity index (χ4v) is 3.53. The molecule has 1 aliphatic heterocycles. The molecule has 0 atom stereocenters. The van der Waals surface area contributed by atoms with Gasteiger partial charge in [0.05, 0.1) is 16.8 Å². The number of amides is 2. The zero-order chi connectivity index (χ0) is 22.8. The number of likely N-dealkylation sites (tertiary alicyclic amines) is 1. The Bertz CT molecular complexity index is 983. The van der Waals surface area contributed by atoms with E-state index >= 15 is 0 Å². The van der Waals surface area contributed by atoms with Crippen molar-refractivity contribution in [2.24, 2.45) is 0 Å². The highest BCUT2D eigenvalue weighted by molar-refractivity contribution is 6.00. The van der Waals surface area contributed by atoms with E-state index in [0.29, 0.717) is 37.2 Å². The highest BCUT2D eigenvalue weighted by Gasteiger charge is 2.32. The molecule has 166 valence electrons. The number of rotatable bonds is 4. The van der Waals surface area contributed by atoms with E-state index in [0.717, 1.165) is 12.1 Å². The molecular weight excluding hydrogens is 414 g/mol. The van der Waals surface area contributed by atoms with Gasteiger partial charge in [-0.3, -0.25) is 9.59 Å². The molecule has 0 unspecified atom stereocenters. The summed E-state index contributed by atoms with van der Waals surface area (Å²) < 4.78 is 53.1. The summed E-state index contributed by atoms with van der Waals surface area (Å²) in [6.07, 6.45) is -3.57. The second-order valence-electron chi connectivity index (χ2n) is 7.60. The number of nitrogens with zero attached hydrogens (tertiary/aromatic N) is 1. The molecule has 1 heterocycles. The SMILES string of the molecule is CC(=O)N1CCC(NC(=O)c2cc(C(F)(F)F)ccc2Nc2ccc(F)cc2C)CC1. The van der Waals surface area contributed by atoms with Crippen LogP contribution in [0.5, 0.6) is 0 Å². The van der Waals surface area contributed by atoms with E-state index in [9.17, 15) is 27.2 Å². The van der Waals surface area contributed by atoms with Crippen LogP contribution in [0, 0.1) is 12.7 Å². The van der Waals surface area contributed by atoms with Crippen LogP contribution >= 0.6 is 0 Å². The Morgan fingerprint density at radius 3 is 2.26 bits per heavy atom. The largest absolute Gasteiger partial charge is 0.416 e. The molecule has 2 amide bonds. The molecule has 1 aliphatic rings. The van der Waals surface area contributed by atoms with Gasteiger partial charge in [0, 0.05) is 31.7 Å². The quantitative estimate of drug-likeness (QED) is 0.686. The topological polar surface area (TPSA) is 61.4 Å². The van der Waals surface area contributed by atoms with Gasteiger partial charge in [0.25, 0.3) is 5.91 Å². The van der Waals surface area contributed by atoms with Crippen molar-refractivity contribution in [3.05, 3.63) is 58.9 Å². The molecular formula is C22H23F4N3O2. The number of anilines is 2. The van der Waals surface area contributed by atoms with Crippen LogP contribution in [0.2, 0.25) is 0 Å². The molecule has 1 saturated heterocycles. The first-order valence-corrected chi connectivity index (χ1v) is 9.85. The second kappa shape index (κ2) is 8.95. The van der Waals surface area contributed by atoms with Gasteiger partial charge in [-0.1, -0.05) is 0 Å². The van der Waals surface area contributed by atoms with E-state index < -0.39 is 23.5 Å². The molecule has 31 heavy (non-hydrogen) atoms. The summed E-state index contributed by atoms with van der Waals surface area (Å²) in [5, 5.41) is 5.72. The second-order valence-corrected chi connectivity index (χ2v) is 7.60. The molecule has 0 aromatic heterocycles. The van der Waals surface area contributed by atoms with Crippen LogP contribution in [-0.2, 0) is 11.0 Å². The van der Waals surface area contributed by atoms with Gasteiger partial charge >= 0.3 is 6.18 Å². The highest BCUT2D eigenvalue weighted by atomic mass is 19.4.